The third-order valence-corrected chi connectivity index (χ3v) is 3.36. The van der Waals surface area contributed by atoms with Gasteiger partial charge in [-0.05, 0) is 19.8 Å². The fourth-order valence-corrected chi connectivity index (χ4v) is 2.49. The molecule has 1 rings (SSSR count). The Labute approximate surface area is 98.6 Å². The van der Waals surface area contributed by atoms with Gasteiger partial charge in [0, 0.05) is 27.4 Å². The molecule has 1 aliphatic rings. The molecule has 0 aliphatic heterocycles. The maximum absolute atomic E-state index is 5.51. The number of ether oxygens (including phenoxy) is 3. The summed E-state index contributed by atoms with van der Waals surface area (Å²) in [7, 11) is 5.13. The lowest BCUT2D eigenvalue weighted by Gasteiger charge is -2.35. The second-order valence-corrected chi connectivity index (χ2v) is 4.46. The van der Waals surface area contributed by atoms with Crippen LogP contribution in [-0.4, -0.2) is 45.8 Å². The highest BCUT2D eigenvalue weighted by molar-refractivity contribution is 4.84. The standard InChI is InChI=1S/C12H25NO3/c1-9(12(15-3)16-4)13-10-7-5-6-8-11(10)14-2/h9-13H,5-8H2,1-4H3. The van der Waals surface area contributed by atoms with E-state index in [2.05, 4.69) is 12.2 Å². The maximum Gasteiger partial charge on any atom is 0.171 e. The summed E-state index contributed by atoms with van der Waals surface area (Å²) in [5, 5.41) is 3.55. The van der Waals surface area contributed by atoms with Crippen molar-refractivity contribution in [2.45, 2.75) is 57.1 Å². The zero-order chi connectivity index (χ0) is 12.0. The van der Waals surface area contributed by atoms with Crippen LogP contribution in [0, 0.1) is 0 Å². The van der Waals surface area contributed by atoms with Gasteiger partial charge in [0.1, 0.15) is 0 Å². The maximum atomic E-state index is 5.51. The molecule has 0 heterocycles. The summed E-state index contributed by atoms with van der Waals surface area (Å²) in [6.45, 7) is 2.08. The monoisotopic (exact) mass is 231 g/mol. The van der Waals surface area contributed by atoms with E-state index in [0.717, 1.165) is 6.42 Å². The second kappa shape index (κ2) is 7.22. The summed E-state index contributed by atoms with van der Waals surface area (Å²) in [6.07, 6.45) is 4.98. The molecule has 0 saturated heterocycles. The Morgan fingerprint density at radius 1 is 1.06 bits per heavy atom. The fraction of sp³-hybridized carbons (Fsp3) is 1.00. The first kappa shape index (κ1) is 13.9. The third kappa shape index (κ3) is 3.70. The van der Waals surface area contributed by atoms with Gasteiger partial charge in [0.2, 0.25) is 0 Å². The summed E-state index contributed by atoms with van der Waals surface area (Å²) < 4.78 is 16.0. The molecular weight excluding hydrogens is 206 g/mol. The van der Waals surface area contributed by atoms with E-state index < -0.39 is 0 Å². The summed E-state index contributed by atoms with van der Waals surface area (Å²) in [5.74, 6) is 0. The normalized spacial score (nSPS) is 28.3. The van der Waals surface area contributed by atoms with Crippen LogP contribution >= 0.6 is 0 Å². The van der Waals surface area contributed by atoms with Gasteiger partial charge in [-0.2, -0.15) is 0 Å². The molecule has 1 fully saturated rings. The Morgan fingerprint density at radius 3 is 2.25 bits per heavy atom. The molecular formula is C12H25NO3. The first-order chi connectivity index (χ1) is 7.72. The van der Waals surface area contributed by atoms with Crippen LogP contribution < -0.4 is 5.32 Å². The second-order valence-electron chi connectivity index (χ2n) is 4.46. The highest BCUT2D eigenvalue weighted by Crippen LogP contribution is 2.21. The van der Waals surface area contributed by atoms with E-state index in [1.165, 1.54) is 19.3 Å². The van der Waals surface area contributed by atoms with E-state index in [1.54, 1.807) is 21.3 Å². The lowest BCUT2D eigenvalue weighted by Crippen LogP contribution is -2.51. The molecule has 1 N–H and O–H groups in total. The van der Waals surface area contributed by atoms with Crippen molar-refractivity contribution in [3.05, 3.63) is 0 Å². The molecule has 0 aromatic heterocycles. The van der Waals surface area contributed by atoms with Crippen molar-refractivity contribution in [2.24, 2.45) is 0 Å². The van der Waals surface area contributed by atoms with E-state index in [0.29, 0.717) is 12.1 Å². The van der Waals surface area contributed by atoms with Crippen molar-refractivity contribution in [3.63, 3.8) is 0 Å². The van der Waals surface area contributed by atoms with Gasteiger partial charge in [-0.1, -0.05) is 12.8 Å². The van der Waals surface area contributed by atoms with Gasteiger partial charge in [-0.25, -0.2) is 0 Å². The Balaban J connectivity index is 2.43. The van der Waals surface area contributed by atoms with Gasteiger partial charge in [-0.15, -0.1) is 0 Å². The summed E-state index contributed by atoms with van der Waals surface area (Å²) >= 11 is 0. The molecule has 1 saturated carbocycles. The fourth-order valence-electron chi connectivity index (χ4n) is 2.49. The van der Waals surface area contributed by atoms with Crippen molar-refractivity contribution in [2.75, 3.05) is 21.3 Å². The Hall–Kier alpha value is -0.160. The molecule has 4 nitrogen and oxygen atoms in total. The Morgan fingerprint density at radius 2 is 1.69 bits per heavy atom. The van der Waals surface area contributed by atoms with E-state index in [1.807, 2.05) is 0 Å². The van der Waals surface area contributed by atoms with Gasteiger partial charge in [-0.3, -0.25) is 0 Å². The minimum absolute atomic E-state index is 0.177. The van der Waals surface area contributed by atoms with Crippen LogP contribution in [0.3, 0.4) is 0 Å². The van der Waals surface area contributed by atoms with E-state index in [-0.39, 0.29) is 12.3 Å². The van der Waals surface area contributed by atoms with E-state index >= 15 is 0 Å². The van der Waals surface area contributed by atoms with Gasteiger partial charge < -0.3 is 19.5 Å². The number of hydrogen-bond acceptors (Lipinski definition) is 4. The topological polar surface area (TPSA) is 39.7 Å². The number of methoxy groups -OCH3 is 3. The minimum Gasteiger partial charge on any atom is -0.380 e. The molecule has 0 radical (unpaired) electrons. The molecule has 0 bridgehead atoms. The zero-order valence-electron chi connectivity index (χ0n) is 10.9. The zero-order valence-corrected chi connectivity index (χ0v) is 10.9. The smallest absolute Gasteiger partial charge is 0.171 e. The molecule has 3 unspecified atom stereocenters. The number of nitrogens with one attached hydrogen (secondary N) is 1. The van der Waals surface area contributed by atoms with Gasteiger partial charge in [0.25, 0.3) is 0 Å². The lowest BCUT2D eigenvalue weighted by atomic mass is 9.92. The molecule has 0 aromatic carbocycles. The minimum atomic E-state index is -0.195. The highest BCUT2D eigenvalue weighted by Gasteiger charge is 2.28. The quantitative estimate of drug-likeness (QED) is 0.704. The Bertz CT molecular complexity index is 185. The van der Waals surface area contributed by atoms with Crippen LogP contribution in [0.4, 0.5) is 0 Å². The molecule has 1 aliphatic carbocycles. The predicted molar refractivity (Wildman–Crippen MR) is 63.5 cm³/mol. The Kier molecular flexibility index (Phi) is 6.28. The molecule has 0 aromatic rings. The van der Waals surface area contributed by atoms with Crippen molar-refractivity contribution in [1.29, 1.82) is 0 Å². The van der Waals surface area contributed by atoms with Crippen molar-refractivity contribution in [1.82, 2.24) is 5.32 Å². The molecule has 0 amide bonds. The van der Waals surface area contributed by atoms with Gasteiger partial charge in [0.15, 0.2) is 6.29 Å². The van der Waals surface area contributed by atoms with Crippen LogP contribution in [0.5, 0.6) is 0 Å². The van der Waals surface area contributed by atoms with Crippen LogP contribution in [0.15, 0.2) is 0 Å². The van der Waals surface area contributed by atoms with Crippen molar-refractivity contribution in [3.8, 4) is 0 Å². The average molecular weight is 231 g/mol. The average Bonchev–Trinajstić information content (AvgIpc) is 2.31. The van der Waals surface area contributed by atoms with Crippen LogP contribution in [0.25, 0.3) is 0 Å². The summed E-state index contributed by atoms with van der Waals surface area (Å²) in [4.78, 5) is 0. The van der Waals surface area contributed by atoms with Gasteiger partial charge in [0.05, 0.1) is 12.1 Å². The van der Waals surface area contributed by atoms with E-state index in [4.69, 9.17) is 14.2 Å². The van der Waals surface area contributed by atoms with Gasteiger partial charge >= 0.3 is 0 Å². The molecule has 4 heteroatoms. The van der Waals surface area contributed by atoms with Crippen molar-refractivity contribution < 1.29 is 14.2 Å². The summed E-state index contributed by atoms with van der Waals surface area (Å²) in [5.41, 5.74) is 0. The van der Waals surface area contributed by atoms with Crippen molar-refractivity contribution >= 4 is 0 Å². The molecule has 0 spiro atoms. The lowest BCUT2D eigenvalue weighted by molar-refractivity contribution is -0.124. The van der Waals surface area contributed by atoms with Crippen LogP contribution in [0.2, 0.25) is 0 Å². The van der Waals surface area contributed by atoms with Crippen LogP contribution in [0.1, 0.15) is 32.6 Å². The SMILES string of the molecule is COC1CCCCC1NC(C)C(OC)OC. The highest BCUT2D eigenvalue weighted by atomic mass is 16.7. The third-order valence-electron chi connectivity index (χ3n) is 3.36. The number of rotatable bonds is 6. The van der Waals surface area contributed by atoms with E-state index in [9.17, 15) is 0 Å². The first-order valence-corrected chi connectivity index (χ1v) is 6.07. The molecule has 3 atom stereocenters. The first-order valence-electron chi connectivity index (χ1n) is 6.07. The number of hydrogen-bond donors (Lipinski definition) is 1. The predicted octanol–water partition coefficient (Wildman–Crippen LogP) is 1.54. The largest absolute Gasteiger partial charge is 0.380 e. The van der Waals surface area contributed by atoms with Crippen LogP contribution in [-0.2, 0) is 14.2 Å². The molecule has 16 heavy (non-hydrogen) atoms. The summed E-state index contributed by atoms with van der Waals surface area (Å²) in [6, 6.07) is 0.595. The molecule has 96 valence electrons.